The second-order valence-electron chi connectivity index (χ2n) is 6.85. The van der Waals surface area contributed by atoms with Crippen LogP contribution < -0.4 is 15.4 Å². The average Bonchev–Trinajstić information content (AvgIpc) is 2.74. The Morgan fingerprint density at radius 2 is 2.07 bits per heavy atom. The predicted molar refractivity (Wildman–Crippen MR) is 111 cm³/mol. The van der Waals surface area contributed by atoms with Crippen LogP contribution in [-0.4, -0.2) is 44.1 Å². The zero-order chi connectivity index (χ0) is 20.5. The molecule has 1 unspecified atom stereocenters. The average molecular weight is 401 g/mol. The Kier molecular flexibility index (Phi) is 7.84. The zero-order valence-electron chi connectivity index (χ0n) is 16.7. The molecular formula is C22H28FN3O3. The standard InChI is InChI=1S/C22H28FN3O3/c1-2-24-22(26-12-19(13-27)16-6-4-3-5-7-16)25-9-8-17-10-20(23)11-18-14-28-15-29-21(17)18/h3-7,10-11,19,27H,2,8-9,12-15H2,1H3,(H2,24,25,26). The normalized spacial score (nSPS) is 14.7. The molecule has 0 aromatic heterocycles. The molecule has 3 rings (SSSR count). The van der Waals surface area contributed by atoms with E-state index in [-0.39, 0.29) is 25.1 Å². The first-order valence-corrected chi connectivity index (χ1v) is 9.91. The summed E-state index contributed by atoms with van der Waals surface area (Å²) in [6, 6.07) is 12.8. The van der Waals surface area contributed by atoms with Crippen LogP contribution in [0.1, 0.15) is 29.5 Å². The maximum absolute atomic E-state index is 13.9. The van der Waals surface area contributed by atoms with Gasteiger partial charge in [-0.25, -0.2) is 4.39 Å². The number of aliphatic imine (C=N–C) groups is 1. The Morgan fingerprint density at radius 1 is 1.24 bits per heavy atom. The van der Waals surface area contributed by atoms with Crippen molar-refractivity contribution in [2.24, 2.45) is 4.99 Å². The van der Waals surface area contributed by atoms with E-state index in [1.807, 2.05) is 37.3 Å². The maximum atomic E-state index is 13.9. The molecule has 1 aliphatic rings. The molecule has 0 bridgehead atoms. The van der Waals surface area contributed by atoms with Gasteiger partial charge in [0, 0.05) is 24.6 Å². The molecule has 0 amide bonds. The molecular weight excluding hydrogens is 373 g/mol. The van der Waals surface area contributed by atoms with E-state index in [2.05, 4.69) is 15.6 Å². The number of nitrogens with one attached hydrogen (secondary N) is 2. The third kappa shape index (κ3) is 5.92. The topological polar surface area (TPSA) is 75.1 Å². The highest BCUT2D eigenvalue weighted by molar-refractivity contribution is 5.79. The minimum Gasteiger partial charge on any atom is -0.467 e. The molecule has 0 saturated heterocycles. The smallest absolute Gasteiger partial charge is 0.191 e. The third-order valence-corrected chi connectivity index (χ3v) is 4.74. The number of halogens is 1. The number of benzene rings is 2. The maximum Gasteiger partial charge on any atom is 0.191 e. The number of aliphatic hydroxyl groups is 1. The lowest BCUT2D eigenvalue weighted by molar-refractivity contribution is -0.0172. The summed E-state index contributed by atoms with van der Waals surface area (Å²) in [6.45, 7) is 4.32. The van der Waals surface area contributed by atoms with Crippen LogP contribution in [0.15, 0.2) is 47.5 Å². The molecule has 1 atom stereocenters. The van der Waals surface area contributed by atoms with E-state index in [4.69, 9.17) is 9.47 Å². The summed E-state index contributed by atoms with van der Waals surface area (Å²) in [5, 5.41) is 16.2. The van der Waals surface area contributed by atoms with Crippen molar-refractivity contribution in [3.63, 3.8) is 0 Å². The van der Waals surface area contributed by atoms with Crippen molar-refractivity contribution in [3.8, 4) is 5.75 Å². The van der Waals surface area contributed by atoms with Crippen molar-refractivity contribution in [2.45, 2.75) is 25.9 Å². The minimum absolute atomic E-state index is 0.0295. The largest absolute Gasteiger partial charge is 0.467 e. The van der Waals surface area contributed by atoms with Gasteiger partial charge in [-0.15, -0.1) is 0 Å². The van der Waals surface area contributed by atoms with E-state index in [1.165, 1.54) is 12.1 Å². The lowest BCUT2D eigenvalue weighted by atomic mass is 10.0. The highest BCUT2D eigenvalue weighted by atomic mass is 19.1. The zero-order valence-corrected chi connectivity index (χ0v) is 16.7. The molecule has 0 aliphatic carbocycles. The molecule has 0 spiro atoms. The van der Waals surface area contributed by atoms with Gasteiger partial charge in [-0.1, -0.05) is 30.3 Å². The summed E-state index contributed by atoms with van der Waals surface area (Å²) in [4.78, 5) is 4.61. The van der Waals surface area contributed by atoms with Gasteiger partial charge in [-0.3, -0.25) is 4.99 Å². The second kappa shape index (κ2) is 10.8. The molecule has 6 nitrogen and oxygen atoms in total. The highest BCUT2D eigenvalue weighted by Crippen LogP contribution is 2.29. The van der Waals surface area contributed by atoms with Crippen LogP contribution in [0, 0.1) is 5.82 Å². The van der Waals surface area contributed by atoms with E-state index >= 15 is 0 Å². The Bertz CT molecular complexity index is 814. The van der Waals surface area contributed by atoms with Gasteiger partial charge in [0.05, 0.1) is 19.8 Å². The lowest BCUT2D eigenvalue weighted by Crippen LogP contribution is -2.38. The van der Waals surface area contributed by atoms with Crippen molar-refractivity contribution in [2.75, 3.05) is 33.0 Å². The van der Waals surface area contributed by atoms with E-state index in [0.717, 1.165) is 23.2 Å². The van der Waals surface area contributed by atoms with Crippen LogP contribution >= 0.6 is 0 Å². The van der Waals surface area contributed by atoms with Crippen molar-refractivity contribution in [1.29, 1.82) is 0 Å². The van der Waals surface area contributed by atoms with Crippen molar-refractivity contribution >= 4 is 5.96 Å². The molecule has 7 heteroatoms. The van der Waals surface area contributed by atoms with E-state index in [1.54, 1.807) is 0 Å². The van der Waals surface area contributed by atoms with Crippen molar-refractivity contribution in [3.05, 3.63) is 65.0 Å². The van der Waals surface area contributed by atoms with Crippen molar-refractivity contribution in [1.82, 2.24) is 10.6 Å². The monoisotopic (exact) mass is 401 g/mol. The van der Waals surface area contributed by atoms with Gasteiger partial charge in [-0.05, 0) is 36.6 Å². The molecule has 29 heavy (non-hydrogen) atoms. The Morgan fingerprint density at radius 3 is 2.83 bits per heavy atom. The Balaban J connectivity index is 1.61. The number of ether oxygens (including phenoxy) is 2. The van der Waals surface area contributed by atoms with E-state index < -0.39 is 0 Å². The Hall–Kier alpha value is -2.64. The minimum atomic E-state index is -0.290. The first-order valence-electron chi connectivity index (χ1n) is 9.91. The van der Waals surface area contributed by atoms with Gasteiger partial charge < -0.3 is 25.2 Å². The van der Waals surface area contributed by atoms with Gasteiger partial charge in [0.1, 0.15) is 11.6 Å². The number of guanidine groups is 1. The van der Waals surface area contributed by atoms with Gasteiger partial charge in [0.25, 0.3) is 0 Å². The van der Waals surface area contributed by atoms with Gasteiger partial charge in [0.2, 0.25) is 0 Å². The first-order chi connectivity index (χ1) is 14.2. The number of nitrogens with zero attached hydrogens (tertiary/aromatic N) is 1. The summed E-state index contributed by atoms with van der Waals surface area (Å²) >= 11 is 0. The number of fused-ring (bicyclic) bond motifs is 1. The van der Waals surface area contributed by atoms with Crippen LogP contribution in [0.3, 0.4) is 0 Å². The molecule has 0 saturated carbocycles. The van der Waals surface area contributed by atoms with Crippen LogP contribution in [0.2, 0.25) is 0 Å². The number of aliphatic hydroxyl groups excluding tert-OH is 1. The second-order valence-corrected chi connectivity index (χ2v) is 6.85. The lowest BCUT2D eigenvalue weighted by Gasteiger charge is -2.21. The molecule has 0 fully saturated rings. The number of hydrogen-bond donors (Lipinski definition) is 3. The molecule has 2 aromatic rings. The van der Waals surface area contributed by atoms with Crippen LogP contribution in [-0.2, 0) is 17.8 Å². The summed E-state index contributed by atoms with van der Waals surface area (Å²) in [5.74, 6) is 1.03. The first kappa shape index (κ1) is 21.1. The van der Waals surface area contributed by atoms with E-state index in [0.29, 0.717) is 37.8 Å². The fraction of sp³-hybridized carbons (Fsp3) is 0.409. The van der Waals surface area contributed by atoms with Gasteiger partial charge >= 0.3 is 0 Å². The molecule has 2 aromatic carbocycles. The van der Waals surface area contributed by atoms with Crippen molar-refractivity contribution < 1.29 is 19.0 Å². The molecule has 1 heterocycles. The predicted octanol–water partition coefficient (Wildman–Crippen LogP) is 2.57. The van der Waals surface area contributed by atoms with Crippen LogP contribution in [0.25, 0.3) is 0 Å². The number of rotatable bonds is 8. The summed E-state index contributed by atoms with van der Waals surface area (Å²) in [6.07, 6.45) is 0.590. The fourth-order valence-corrected chi connectivity index (χ4v) is 3.29. The SMILES string of the molecule is CCNC(=NCC(CO)c1ccccc1)NCCc1cc(F)cc2c1OCOC2. The molecule has 1 aliphatic heterocycles. The summed E-state index contributed by atoms with van der Waals surface area (Å²) in [7, 11) is 0. The third-order valence-electron chi connectivity index (χ3n) is 4.74. The molecule has 3 N–H and O–H groups in total. The number of hydrogen-bond acceptors (Lipinski definition) is 4. The van der Waals surface area contributed by atoms with Crippen LogP contribution in [0.5, 0.6) is 5.75 Å². The van der Waals surface area contributed by atoms with Crippen LogP contribution in [0.4, 0.5) is 4.39 Å². The fourth-order valence-electron chi connectivity index (χ4n) is 3.29. The Labute approximate surface area is 170 Å². The van der Waals surface area contributed by atoms with E-state index in [9.17, 15) is 9.50 Å². The molecule has 156 valence electrons. The van der Waals surface area contributed by atoms with Gasteiger partial charge in [-0.2, -0.15) is 0 Å². The summed E-state index contributed by atoms with van der Waals surface area (Å²) < 4.78 is 24.7. The molecule has 0 radical (unpaired) electrons. The summed E-state index contributed by atoms with van der Waals surface area (Å²) in [5.41, 5.74) is 2.60. The quantitative estimate of drug-likeness (QED) is 0.468. The van der Waals surface area contributed by atoms with Gasteiger partial charge in [0.15, 0.2) is 12.8 Å². The highest BCUT2D eigenvalue weighted by Gasteiger charge is 2.17.